The van der Waals surface area contributed by atoms with Crippen molar-refractivity contribution in [3.63, 3.8) is 0 Å². The molecule has 2 aromatic rings. The van der Waals surface area contributed by atoms with E-state index in [4.69, 9.17) is 22.9 Å². The van der Waals surface area contributed by atoms with Crippen LogP contribution in [0, 0.1) is 0 Å². The Morgan fingerprint density at radius 2 is 1.39 bits per heavy atom. The quantitative estimate of drug-likeness (QED) is 0.0808. The van der Waals surface area contributed by atoms with Crippen molar-refractivity contribution in [3.05, 3.63) is 71.8 Å². The summed E-state index contributed by atoms with van der Waals surface area (Å²) >= 11 is 0. The Balaban J connectivity index is 2.30. The monoisotopic (exact) mass is 566 g/mol. The summed E-state index contributed by atoms with van der Waals surface area (Å²) in [4.78, 5) is 56.6. The second kappa shape index (κ2) is 16.6. The average Bonchev–Trinajstić information content (AvgIpc) is 2.97. The summed E-state index contributed by atoms with van der Waals surface area (Å²) in [7, 11) is 0. The highest BCUT2D eigenvalue weighted by molar-refractivity contribution is 5.99. The number of aliphatic imine (C=N–C) groups is 1. The van der Waals surface area contributed by atoms with E-state index in [0.29, 0.717) is 36.9 Å². The number of amides is 4. The van der Waals surface area contributed by atoms with Gasteiger partial charge in [0.2, 0.25) is 17.7 Å². The van der Waals surface area contributed by atoms with E-state index in [9.17, 15) is 19.2 Å². The molecule has 12 nitrogen and oxygen atoms in total. The molecule has 0 fully saturated rings. The Kier molecular flexibility index (Phi) is 13.3. The van der Waals surface area contributed by atoms with Crippen LogP contribution in [0.25, 0.3) is 0 Å². The molecule has 222 valence electrons. The molecule has 41 heavy (non-hydrogen) atoms. The van der Waals surface area contributed by atoms with Crippen LogP contribution in [-0.2, 0) is 19.9 Å². The summed E-state index contributed by atoms with van der Waals surface area (Å²) in [5.74, 6) is -2.39. The van der Waals surface area contributed by atoms with Crippen molar-refractivity contribution in [2.75, 3.05) is 13.1 Å². The van der Waals surface area contributed by atoms with Crippen LogP contribution in [0.4, 0.5) is 0 Å². The molecule has 1 unspecified atom stereocenters. The number of primary amides is 1. The third kappa shape index (κ3) is 9.91. The zero-order valence-corrected chi connectivity index (χ0v) is 23.5. The maximum atomic E-state index is 13.6. The first-order valence-corrected chi connectivity index (χ1v) is 13.7. The number of nitrogens with two attached hydrogens (primary N) is 4. The van der Waals surface area contributed by atoms with Gasteiger partial charge in [-0.15, -0.1) is 0 Å². The number of guanidine groups is 1. The van der Waals surface area contributed by atoms with Crippen molar-refractivity contribution in [2.24, 2.45) is 27.9 Å². The molecule has 0 heterocycles. The zero-order valence-electron chi connectivity index (χ0n) is 23.5. The third-order valence-electron chi connectivity index (χ3n) is 6.74. The highest BCUT2D eigenvalue weighted by atomic mass is 16.2. The van der Waals surface area contributed by atoms with Gasteiger partial charge < -0.3 is 38.9 Å². The summed E-state index contributed by atoms with van der Waals surface area (Å²) in [5, 5.41) is 8.33. The molecule has 0 saturated carbocycles. The van der Waals surface area contributed by atoms with Crippen molar-refractivity contribution in [2.45, 2.75) is 63.1 Å². The standard InChI is InChI=1S/C29H42N8O4/c1-2-29(27(31)41,21-14-7-4-8-15-21)37-26(40)23(16-9-10-18-30)36-25(39)22(17-11-19-34-28(32)33)35-24(38)20-12-5-3-6-13-20/h3-8,12-15,22-23H,2,9-11,16-19,30H2,1H3,(H2,31,41)(H,35,38)(H,36,39)(H,37,40)(H4,32,33,34)/t22-,23-,29?/m0/s1. The number of rotatable bonds is 17. The minimum absolute atomic E-state index is 0.0803. The Hall–Kier alpha value is -4.45. The highest BCUT2D eigenvalue weighted by Gasteiger charge is 2.40. The van der Waals surface area contributed by atoms with Crippen LogP contribution in [0.3, 0.4) is 0 Å². The summed E-state index contributed by atoms with van der Waals surface area (Å²) in [6.45, 7) is 2.40. The second-order valence-electron chi connectivity index (χ2n) is 9.66. The Morgan fingerprint density at radius 1 is 0.805 bits per heavy atom. The van der Waals surface area contributed by atoms with E-state index in [1.165, 1.54) is 0 Å². The largest absolute Gasteiger partial charge is 0.370 e. The lowest BCUT2D eigenvalue weighted by molar-refractivity contribution is -0.135. The van der Waals surface area contributed by atoms with E-state index in [0.717, 1.165) is 0 Å². The average molecular weight is 567 g/mol. The lowest BCUT2D eigenvalue weighted by Gasteiger charge is -2.33. The lowest BCUT2D eigenvalue weighted by atomic mass is 9.86. The number of hydrogen-bond donors (Lipinski definition) is 7. The normalized spacial score (nSPS) is 13.6. The van der Waals surface area contributed by atoms with Crippen molar-refractivity contribution >= 4 is 29.6 Å². The van der Waals surface area contributed by atoms with E-state index in [2.05, 4.69) is 20.9 Å². The van der Waals surface area contributed by atoms with Crippen LogP contribution < -0.4 is 38.9 Å². The van der Waals surface area contributed by atoms with Crippen LogP contribution in [0.2, 0.25) is 0 Å². The first-order chi connectivity index (χ1) is 19.6. The van der Waals surface area contributed by atoms with Crippen molar-refractivity contribution < 1.29 is 19.2 Å². The van der Waals surface area contributed by atoms with E-state index < -0.39 is 41.3 Å². The number of carbonyl (C=O) groups is 4. The maximum Gasteiger partial charge on any atom is 0.251 e. The molecule has 0 bridgehead atoms. The molecule has 11 N–H and O–H groups in total. The van der Waals surface area contributed by atoms with Crippen LogP contribution >= 0.6 is 0 Å². The van der Waals surface area contributed by atoms with Crippen molar-refractivity contribution in [1.82, 2.24) is 16.0 Å². The van der Waals surface area contributed by atoms with Crippen molar-refractivity contribution in [3.8, 4) is 0 Å². The lowest BCUT2D eigenvalue weighted by Crippen LogP contribution is -2.60. The fourth-order valence-electron chi connectivity index (χ4n) is 4.40. The summed E-state index contributed by atoms with van der Waals surface area (Å²) in [6, 6.07) is 15.2. The summed E-state index contributed by atoms with van der Waals surface area (Å²) < 4.78 is 0. The van der Waals surface area contributed by atoms with Crippen LogP contribution in [0.15, 0.2) is 65.7 Å². The first kappa shape index (κ1) is 32.8. The fraction of sp³-hybridized carbons (Fsp3) is 0.414. The van der Waals surface area contributed by atoms with Gasteiger partial charge >= 0.3 is 0 Å². The Labute approximate surface area is 240 Å². The second-order valence-corrected chi connectivity index (χ2v) is 9.66. The molecule has 0 aliphatic carbocycles. The van der Waals surface area contributed by atoms with E-state index >= 15 is 0 Å². The number of benzene rings is 2. The van der Waals surface area contributed by atoms with E-state index in [1.807, 2.05) is 0 Å². The molecule has 0 aromatic heterocycles. The molecule has 12 heteroatoms. The molecule has 0 aliphatic rings. The predicted molar refractivity (Wildman–Crippen MR) is 158 cm³/mol. The topological polar surface area (TPSA) is 221 Å². The molecule has 0 spiro atoms. The van der Waals surface area contributed by atoms with Gasteiger partial charge in [0.25, 0.3) is 5.91 Å². The summed E-state index contributed by atoms with van der Waals surface area (Å²) in [5.41, 5.74) is 21.7. The van der Waals surface area contributed by atoms with Gasteiger partial charge in [-0.25, -0.2) is 0 Å². The number of unbranched alkanes of at least 4 members (excludes halogenated alkanes) is 1. The molecule has 3 atom stereocenters. The van der Waals surface area contributed by atoms with Gasteiger partial charge in [-0.1, -0.05) is 55.5 Å². The molecule has 2 rings (SSSR count). The third-order valence-corrected chi connectivity index (χ3v) is 6.74. The van der Waals surface area contributed by atoms with Gasteiger partial charge in [-0.3, -0.25) is 24.2 Å². The van der Waals surface area contributed by atoms with Gasteiger partial charge in [0.05, 0.1) is 0 Å². The Morgan fingerprint density at radius 3 is 1.95 bits per heavy atom. The molecule has 0 saturated heterocycles. The number of hydrogen-bond acceptors (Lipinski definition) is 6. The number of nitrogens with zero attached hydrogens (tertiary/aromatic N) is 1. The SMILES string of the molecule is CCC(NC(=O)[C@H](CCCCN)NC(=O)[C@H](CCCN=C(N)N)NC(=O)c1ccccc1)(C(N)=O)c1ccccc1. The summed E-state index contributed by atoms with van der Waals surface area (Å²) in [6.07, 6.45) is 2.23. The zero-order chi connectivity index (χ0) is 30.3. The number of carbonyl (C=O) groups excluding carboxylic acids is 4. The smallest absolute Gasteiger partial charge is 0.251 e. The molecule has 2 aromatic carbocycles. The maximum absolute atomic E-state index is 13.6. The van der Waals surface area contributed by atoms with Crippen LogP contribution in [0.1, 0.15) is 61.4 Å². The van der Waals surface area contributed by atoms with Crippen LogP contribution in [-0.4, -0.2) is 54.8 Å². The minimum atomic E-state index is -1.48. The van der Waals surface area contributed by atoms with Crippen LogP contribution in [0.5, 0.6) is 0 Å². The van der Waals surface area contributed by atoms with Gasteiger partial charge in [0, 0.05) is 12.1 Å². The van der Waals surface area contributed by atoms with Gasteiger partial charge in [-0.2, -0.15) is 0 Å². The van der Waals surface area contributed by atoms with Gasteiger partial charge in [0.1, 0.15) is 17.6 Å². The van der Waals surface area contributed by atoms with E-state index in [-0.39, 0.29) is 31.8 Å². The molecular weight excluding hydrogens is 524 g/mol. The minimum Gasteiger partial charge on any atom is -0.370 e. The van der Waals surface area contributed by atoms with Crippen molar-refractivity contribution in [1.29, 1.82) is 0 Å². The van der Waals surface area contributed by atoms with E-state index in [1.54, 1.807) is 67.6 Å². The number of nitrogens with one attached hydrogen (secondary N) is 3. The van der Waals surface area contributed by atoms with Gasteiger partial charge in [0.15, 0.2) is 5.96 Å². The fourth-order valence-corrected chi connectivity index (χ4v) is 4.40. The Bertz CT molecular complexity index is 1170. The molecule has 4 amide bonds. The molecule has 0 aliphatic heterocycles. The first-order valence-electron chi connectivity index (χ1n) is 13.7. The van der Waals surface area contributed by atoms with Gasteiger partial charge in [-0.05, 0) is 62.8 Å². The highest BCUT2D eigenvalue weighted by Crippen LogP contribution is 2.25. The molecular formula is C29H42N8O4. The predicted octanol–water partition coefficient (Wildman–Crippen LogP) is 0.359. The molecule has 0 radical (unpaired) electrons.